The van der Waals surface area contributed by atoms with Gasteiger partial charge in [0.25, 0.3) is 0 Å². The van der Waals surface area contributed by atoms with E-state index in [1.807, 2.05) is 47.4 Å². The monoisotopic (exact) mass is 470 g/mol. The summed E-state index contributed by atoms with van der Waals surface area (Å²) in [6.07, 6.45) is 3.89. The van der Waals surface area contributed by atoms with Gasteiger partial charge in [0.1, 0.15) is 11.5 Å². The maximum absolute atomic E-state index is 12.3. The molecule has 2 aromatic carbocycles. The number of carbonyl (C=O) groups is 2. The topological polar surface area (TPSA) is 88.1 Å². The summed E-state index contributed by atoms with van der Waals surface area (Å²) in [6, 6.07) is 16.3. The molecular formula is C27H38N2O5. The number of urea groups is 1. The Balaban J connectivity index is 1.84. The summed E-state index contributed by atoms with van der Waals surface area (Å²) in [6.45, 7) is 8.29. The summed E-state index contributed by atoms with van der Waals surface area (Å²) >= 11 is 0. The minimum Gasteiger partial charge on any atom is -0.494 e. The fourth-order valence-corrected chi connectivity index (χ4v) is 3.51. The summed E-state index contributed by atoms with van der Waals surface area (Å²) < 4.78 is 11.6. The molecule has 7 heteroatoms. The molecule has 2 aromatic rings. The largest absolute Gasteiger partial charge is 0.494 e. The summed E-state index contributed by atoms with van der Waals surface area (Å²) in [5.74, 6) is 0.203. The van der Waals surface area contributed by atoms with E-state index in [2.05, 4.69) is 19.2 Å². The van der Waals surface area contributed by atoms with Gasteiger partial charge >= 0.3 is 12.0 Å². The molecule has 0 bridgehead atoms. The summed E-state index contributed by atoms with van der Waals surface area (Å²) in [4.78, 5) is 26.1. The average molecular weight is 471 g/mol. The number of nitrogens with one attached hydrogen (secondary N) is 1. The van der Waals surface area contributed by atoms with Crippen LogP contribution >= 0.6 is 0 Å². The molecule has 0 saturated carbocycles. The van der Waals surface area contributed by atoms with Crippen LogP contribution in [0.2, 0.25) is 0 Å². The van der Waals surface area contributed by atoms with Crippen LogP contribution < -0.4 is 14.8 Å². The van der Waals surface area contributed by atoms with Crippen LogP contribution in [-0.2, 0) is 11.2 Å². The highest BCUT2D eigenvalue weighted by atomic mass is 16.5. The molecule has 1 atom stereocenters. The fourth-order valence-electron chi connectivity index (χ4n) is 3.51. The lowest BCUT2D eigenvalue weighted by atomic mass is 9.96. The molecule has 0 aromatic heterocycles. The molecule has 0 heterocycles. The Labute approximate surface area is 203 Å². The smallest absolute Gasteiger partial charge is 0.348 e. The highest BCUT2D eigenvalue weighted by Crippen LogP contribution is 2.24. The molecule has 0 aliphatic carbocycles. The molecule has 7 nitrogen and oxygen atoms in total. The molecule has 186 valence electrons. The van der Waals surface area contributed by atoms with Crippen molar-refractivity contribution in [2.24, 2.45) is 0 Å². The third kappa shape index (κ3) is 8.96. The van der Waals surface area contributed by atoms with Crippen LogP contribution in [0.4, 0.5) is 4.79 Å². The summed E-state index contributed by atoms with van der Waals surface area (Å²) in [5.41, 5.74) is -0.546. The van der Waals surface area contributed by atoms with Crippen molar-refractivity contribution in [1.82, 2.24) is 10.2 Å². The maximum Gasteiger partial charge on any atom is 0.348 e. The third-order valence-electron chi connectivity index (χ3n) is 5.43. The number of hydrogen-bond acceptors (Lipinski definition) is 4. The summed E-state index contributed by atoms with van der Waals surface area (Å²) in [5, 5.41) is 12.7. The summed E-state index contributed by atoms with van der Waals surface area (Å²) in [7, 11) is 0. The molecule has 0 spiro atoms. The average Bonchev–Trinajstić information content (AvgIpc) is 2.82. The van der Waals surface area contributed by atoms with Crippen LogP contribution in [0, 0.1) is 0 Å². The van der Waals surface area contributed by atoms with Crippen LogP contribution in [0.5, 0.6) is 11.5 Å². The number of carboxylic acid groups (broad SMARTS) is 1. The first-order chi connectivity index (χ1) is 16.4. The van der Waals surface area contributed by atoms with Gasteiger partial charge in [-0.3, -0.25) is 0 Å². The number of ether oxygens (including phenoxy) is 2. The number of carbonyl (C=O) groups excluding carboxylic acids is 1. The number of para-hydroxylation sites is 1. The van der Waals surface area contributed by atoms with E-state index in [0.29, 0.717) is 31.2 Å². The zero-order valence-corrected chi connectivity index (χ0v) is 20.6. The van der Waals surface area contributed by atoms with Gasteiger partial charge in [-0.25, -0.2) is 9.59 Å². The second-order valence-electron chi connectivity index (χ2n) is 8.55. The molecule has 2 rings (SSSR count). The SMILES string of the molecule is CCCCNC(=O)N(CCC)CCCOc1ccc(C[C@](C)(Oc2ccccc2)C(=O)O)cc1. The van der Waals surface area contributed by atoms with Gasteiger partial charge < -0.3 is 24.8 Å². The molecular weight excluding hydrogens is 432 g/mol. The zero-order valence-electron chi connectivity index (χ0n) is 20.6. The number of benzene rings is 2. The van der Waals surface area contributed by atoms with Crippen molar-refractivity contribution in [3.63, 3.8) is 0 Å². The predicted octanol–water partition coefficient (Wildman–Crippen LogP) is 5.14. The van der Waals surface area contributed by atoms with Crippen molar-refractivity contribution < 1.29 is 24.2 Å². The van der Waals surface area contributed by atoms with Gasteiger partial charge in [0.2, 0.25) is 5.60 Å². The van der Waals surface area contributed by atoms with Crippen LogP contribution in [0.15, 0.2) is 54.6 Å². The standard InChI is InChI=1S/C27H38N2O5/c1-4-6-17-28-26(32)29(18-5-2)19-10-20-33-23-15-13-22(14-16-23)21-27(3,25(30)31)34-24-11-8-7-9-12-24/h7-9,11-16H,4-6,10,17-21H2,1-3H3,(H,28,32)(H,30,31)/t27-/m0/s1. The fraction of sp³-hybridized carbons (Fsp3) is 0.481. The van der Waals surface area contributed by atoms with E-state index in [-0.39, 0.29) is 12.5 Å². The Bertz CT molecular complexity index is 872. The Hall–Kier alpha value is -3.22. The van der Waals surface area contributed by atoms with E-state index in [9.17, 15) is 14.7 Å². The molecule has 0 unspecified atom stereocenters. The molecule has 2 amide bonds. The first-order valence-corrected chi connectivity index (χ1v) is 12.1. The van der Waals surface area contributed by atoms with Crippen molar-refractivity contribution in [2.75, 3.05) is 26.2 Å². The van der Waals surface area contributed by atoms with Crippen LogP contribution in [-0.4, -0.2) is 53.8 Å². The number of carboxylic acids is 1. The van der Waals surface area contributed by atoms with Gasteiger partial charge in [0.15, 0.2) is 0 Å². The number of unbranched alkanes of at least 4 members (excludes halogenated alkanes) is 1. The molecule has 0 saturated heterocycles. The van der Waals surface area contributed by atoms with E-state index in [1.165, 1.54) is 0 Å². The molecule has 0 radical (unpaired) electrons. The van der Waals surface area contributed by atoms with E-state index in [1.54, 1.807) is 19.1 Å². The molecule has 34 heavy (non-hydrogen) atoms. The normalized spacial score (nSPS) is 12.4. The first kappa shape index (κ1) is 27.0. The lowest BCUT2D eigenvalue weighted by Gasteiger charge is -2.26. The minimum atomic E-state index is -1.38. The van der Waals surface area contributed by atoms with Crippen molar-refractivity contribution in [3.05, 3.63) is 60.2 Å². The number of rotatable bonds is 15. The molecule has 0 aliphatic heterocycles. The first-order valence-electron chi connectivity index (χ1n) is 12.1. The highest BCUT2D eigenvalue weighted by Gasteiger charge is 2.36. The van der Waals surface area contributed by atoms with E-state index in [4.69, 9.17) is 9.47 Å². The number of nitrogens with zero attached hydrogens (tertiary/aromatic N) is 1. The Kier molecular flexibility index (Phi) is 11.2. The number of amides is 2. The van der Waals surface area contributed by atoms with Gasteiger partial charge in [-0.2, -0.15) is 0 Å². The van der Waals surface area contributed by atoms with Gasteiger partial charge in [0.05, 0.1) is 6.61 Å². The molecule has 2 N–H and O–H groups in total. The lowest BCUT2D eigenvalue weighted by Crippen LogP contribution is -2.43. The van der Waals surface area contributed by atoms with Gasteiger partial charge in [0, 0.05) is 26.1 Å². The number of aliphatic carboxylic acids is 1. The quantitative estimate of drug-likeness (QED) is 0.352. The minimum absolute atomic E-state index is 0.0149. The van der Waals surface area contributed by atoms with Crippen LogP contribution in [0.1, 0.15) is 52.0 Å². The second-order valence-corrected chi connectivity index (χ2v) is 8.55. The van der Waals surface area contributed by atoms with E-state index >= 15 is 0 Å². The van der Waals surface area contributed by atoms with Crippen molar-refractivity contribution in [2.45, 2.75) is 58.5 Å². The third-order valence-corrected chi connectivity index (χ3v) is 5.43. The number of hydrogen-bond donors (Lipinski definition) is 2. The van der Waals surface area contributed by atoms with E-state index in [0.717, 1.165) is 37.8 Å². The molecule has 0 fully saturated rings. The Morgan fingerprint density at radius 1 is 0.941 bits per heavy atom. The molecule has 0 aliphatic rings. The predicted molar refractivity (Wildman–Crippen MR) is 134 cm³/mol. The van der Waals surface area contributed by atoms with Gasteiger partial charge in [-0.15, -0.1) is 0 Å². The van der Waals surface area contributed by atoms with Crippen molar-refractivity contribution in [1.29, 1.82) is 0 Å². The highest BCUT2D eigenvalue weighted by molar-refractivity contribution is 5.78. The zero-order chi connectivity index (χ0) is 24.8. The second kappa shape index (κ2) is 14.1. The van der Waals surface area contributed by atoms with Gasteiger partial charge in [-0.1, -0.05) is 50.6 Å². The van der Waals surface area contributed by atoms with Crippen LogP contribution in [0.3, 0.4) is 0 Å². The Morgan fingerprint density at radius 3 is 2.26 bits per heavy atom. The van der Waals surface area contributed by atoms with E-state index < -0.39 is 11.6 Å². The van der Waals surface area contributed by atoms with Gasteiger partial charge in [-0.05, 0) is 56.0 Å². The maximum atomic E-state index is 12.3. The Morgan fingerprint density at radius 2 is 1.65 bits per heavy atom. The lowest BCUT2D eigenvalue weighted by molar-refractivity contribution is -0.153. The van der Waals surface area contributed by atoms with Crippen molar-refractivity contribution in [3.8, 4) is 11.5 Å². The van der Waals surface area contributed by atoms with Crippen LogP contribution in [0.25, 0.3) is 0 Å². The van der Waals surface area contributed by atoms with Crippen molar-refractivity contribution >= 4 is 12.0 Å².